The third kappa shape index (κ3) is 4.07. The Kier molecular flexibility index (Phi) is 4.78. The van der Waals surface area contributed by atoms with E-state index in [2.05, 4.69) is 15.3 Å². The lowest BCUT2D eigenvalue weighted by Gasteiger charge is -2.16. The number of carbonyl (C=O) groups excluding carboxylic acids is 1. The zero-order chi connectivity index (χ0) is 13.8. The maximum Gasteiger partial charge on any atom is 0.241 e. The van der Waals surface area contributed by atoms with Crippen molar-refractivity contribution in [3.05, 3.63) is 18.2 Å². The molecule has 1 aromatic heterocycles. The van der Waals surface area contributed by atoms with Crippen LogP contribution in [0.5, 0.6) is 0 Å². The molecular weight excluding hydrogens is 228 g/mol. The molecule has 0 spiro atoms. The number of aromatic nitrogens is 2. The van der Waals surface area contributed by atoms with Crippen LogP contribution in [0.25, 0.3) is 0 Å². The normalized spacial score (nSPS) is 13.2. The predicted molar refractivity (Wildman–Crippen MR) is 72.2 cm³/mol. The summed E-state index contributed by atoms with van der Waals surface area (Å²) in [7, 11) is 0. The molecule has 1 aromatic rings. The van der Waals surface area contributed by atoms with E-state index in [1.807, 2.05) is 27.7 Å². The molecule has 0 aliphatic heterocycles. The first-order valence-corrected chi connectivity index (χ1v) is 6.23. The van der Waals surface area contributed by atoms with Gasteiger partial charge >= 0.3 is 0 Å². The zero-order valence-corrected chi connectivity index (χ0v) is 11.5. The van der Waals surface area contributed by atoms with Gasteiger partial charge < -0.3 is 11.1 Å². The summed E-state index contributed by atoms with van der Waals surface area (Å²) in [6.07, 6.45) is 4.79. The van der Waals surface area contributed by atoms with Crippen LogP contribution in [0, 0.1) is 0 Å². The third-order valence-corrected chi connectivity index (χ3v) is 2.53. The highest BCUT2D eigenvalue weighted by Gasteiger charge is 2.17. The van der Waals surface area contributed by atoms with Gasteiger partial charge in [0.25, 0.3) is 0 Å². The maximum absolute atomic E-state index is 11.7. The molecule has 18 heavy (non-hydrogen) atoms. The van der Waals surface area contributed by atoms with E-state index in [0.29, 0.717) is 12.1 Å². The standard InChI is InChI=1S/C13H22N4O/c1-5-6-10(14)11(18)17-9-7-15-12(16-8-9)13(2,3)4/h7-8,10H,5-6,14H2,1-4H3,(H,17,18). The molecule has 0 bridgehead atoms. The number of rotatable bonds is 4. The minimum atomic E-state index is -0.475. The van der Waals surface area contributed by atoms with Crippen molar-refractivity contribution in [2.24, 2.45) is 5.73 Å². The van der Waals surface area contributed by atoms with Crippen molar-refractivity contribution in [3.63, 3.8) is 0 Å². The Labute approximate surface area is 108 Å². The highest BCUT2D eigenvalue weighted by Crippen LogP contribution is 2.18. The first-order chi connectivity index (χ1) is 8.34. The van der Waals surface area contributed by atoms with Gasteiger partial charge in [-0.3, -0.25) is 4.79 Å². The molecule has 0 saturated carbocycles. The average molecular weight is 250 g/mol. The Morgan fingerprint density at radius 2 is 1.94 bits per heavy atom. The van der Waals surface area contributed by atoms with E-state index in [9.17, 15) is 4.79 Å². The van der Waals surface area contributed by atoms with Crippen LogP contribution in [0.15, 0.2) is 12.4 Å². The fourth-order valence-corrected chi connectivity index (χ4v) is 1.46. The smallest absolute Gasteiger partial charge is 0.241 e. The van der Waals surface area contributed by atoms with Gasteiger partial charge in [0, 0.05) is 5.41 Å². The van der Waals surface area contributed by atoms with Crippen LogP contribution in [-0.4, -0.2) is 21.9 Å². The van der Waals surface area contributed by atoms with E-state index in [4.69, 9.17) is 5.73 Å². The third-order valence-electron chi connectivity index (χ3n) is 2.53. The van der Waals surface area contributed by atoms with Gasteiger partial charge in [0.05, 0.1) is 24.1 Å². The van der Waals surface area contributed by atoms with Crippen molar-refractivity contribution < 1.29 is 4.79 Å². The molecule has 0 fully saturated rings. The summed E-state index contributed by atoms with van der Waals surface area (Å²) in [4.78, 5) is 20.2. The first kappa shape index (κ1) is 14.6. The molecule has 5 nitrogen and oxygen atoms in total. The molecule has 0 aliphatic carbocycles. The lowest BCUT2D eigenvalue weighted by Crippen LogP contribution is -2.35. The molecule has 1 atom stereocenters. The second kappa shape index (κ2) is 5.91. The topological polar surface area (TPSA) is 80.9 Å². The van der Waals surface area contributed by atoms with Gasteiger partial charge in [0.1, 0.15) is 5.82 Å². The minimum absolute atomic E-state index is 0.0961. The van der Waals surface area contributed by atoms with E-state index >= 15 is 0 Å². The monoisotopic (exact) mass is 250 g/mol. The number of hydrogen-bond acceptors (Lipinski definition) is 4. The lowest BCUT2D eigenvalue weighted by atomic mass is 9.96. The second-order valence-corrected chi connectivity index (χ2v) is 5.43. The lowest BCUT2D eigenvalue weighted by molar-refractivity contribution is -0.117. The Balaban J connectivity index is 2.67. The highest BCUT2D eigenvalue weighted by molar-refractivity contribution is 5.94. The Hall–Kier alpha value is -1.49. The molecule has 3 N–H and O–H groups in total. The number of carbonyl (C=O) groups is 1. The summed E-state index contributed by atoms with van der Waals surface area (Å²) in [5, 5.41) is 2.72. The number of amides is 1. The molecule has 1 amide bonds. The fourth-order valence-electron chi connectivity index (χ4n) is 1.46. The van der Waals surface area contributed by atoms with Gasteiger partial charge in [0.2, 0.25) is 5.91 Å². The van der Waals surface area contributed by atoms with Crippen LogP contribution in [0.1, 0.15) is 46.4 Å². The molecular formula is C13H22N4O. The number of hydrogen-bond donors (Lipinski definition) is 2. The summed E-state index contributed by atoms with van der Waals surface area (Å²) < 4.78 is 0. The van der Waals surface area contributed by atoms with Gasteiger partial charge in [-0.1, -0.05) is 34.1 Å². The Bertz CT molecular complexity index is 394. The van der Waals surface area contributed by atoms with Crippen molar-refractivity contribution in [1.29, 1.82) is 0 Å². The van der Waals surface area contributed by atoms with E-state index in [0.717, 1.165) is 12.2 Å². The summed E-state index contributed by atoms with van der Waals surface area (Å²) in [6, 6.07) is -0.475. The molecule has 5 heteroatoms. The van der Waals surface area contributed by atoms with Crippen LogP contribution in [-0.2, 0) is 10.2 Å². The van der Waals surface area contributed by atoms with E-state index in [1.165, 1.54) is 0 Å². The highest BCUT2D eigenvalue weighted by atomic mass is 16.2. The van der Waals surface area contributed by atoms with Crippen molar-refractivity contribution in [3.8, 4) is 0 Å². The van der Waals surface area contributed by atoms with Crippen LogP contribution < -0.4 is 11.1 Å². The summed E-state index contributed by atoms with van der Waals surface area (Å²) in [5.74, 6) is 0.558. The van der Waals surface area contributed by atoms with Gasteiger partial charge in [-0.25, -0.2) is 9.97 Å². The molecule has 1 rings (SSSR count). The predicted octanol–water partition coefficient (Wildman–Crippen LogP) is 1.84. The van der Waals surface area contributed by atoms with Crippen molar-refractivity contribution in [1.82, 2.24) is 9.97 Å². The molecule has 0 aliphatic rings. The fraction of sp³-hybridized carbons (Fsp3) is 0.615. The Morgan fingerprint density at radius 3 is 2.39 bits per heavy atom. The van der Waals surface area contributed by atoms with Crippen LogP contribution in [0.4, 0.5) is 5.69 Å². The van der Waals surface area contributed by atoms with Gasteiger partial charge in [-0.2, -0.15) is 0 Å². The number of anilines is 1. The SMILES string of the molecule is CCCC(N)C(=O)Nc1cnc(C(C)(C)C)nc1. The second-order valence-electron chi connectivity index (χ2n) is 5.43. The van der Waals surface area contributed by atoms with Gasteiger partial charge in [0.15, 0.2) is 0 Å². The maximum atomic E-state index is 11.7. The quantitative estimate of drug-likeness (QED) is 0.854. The van der Waals surface area contributed by atoms with Gasteiger partial charge in [-0.05, 0) is 6.42 Å². The first-order valence-electron chi connectivity index (χ1n) is 6.23. The molecule has 100 valence electrons. The van der Waals surface area contributed by atoms with Crippen LogP contribution >= 0.6 is 0 Å². The van der Waals surface area contributed by atoms with E-state index in [1.54, 1.807) is 12.4 Å². The molecule has 0 radical (unpaired) electrons. The van der Waals surface area contributed by atoms with Crippen LogP contribution in [0.2, 0.25) is 0 Å². The van der Waals surface area contributed by atoms with Crippen molar-refractivity contribution >= 4 is 11.6 Å². The van der Waals surface area contributed by atoms with E-state index < -0.39 is 6.04 Å². The molecule has 1 unspecified atom stereocenters. The number of nitrogens with zero attached hydrogens (tertiary/aromatic N) is 2. The Morgan fingerprint density at radius 1 is 1.39 bits per heavy atom. The summed E-state index contributed by atoms with van der Waals surface area (Å²) in [5.41, 5.74) is 6.21. The van der Waals surface area contributed by atoms with Crippen LogP contribution in [0.3, 0.4) is 0 Å². The largest absolute Gasteiger partial charge is 0.322 e. The van der Waals surface area contributed by atoms with Gasteiger partial charge in [-0.15, -0.1) is 0 Å². The molecule has 1 heterocycles. The summed E-state index contributed by atoms with van der Waals surface area (Å²) in [6.45, 7) is 8.11. The number of nitrogens with two attached hydrogens (primary N) is 1. The number of nitrogens with one attached hydrogen (secondary N) is 1. The summed E-state index contributed by atoms with van der Waals surface area (Å²) >= 11 is 0. The molecule has 0 saturated heterocycles. The average Bonchev–Trinajstić information content (AvgIpc) is 2.28. The zero-order valence-electron chi connectivity index (χ0n) is 11.5. The van der Waals surface area contributed by atoms with E-state index in [-0.39, 0.29) is 11.3 Å². The van der Waals surface area contributed by atoms with Crippen molar-refractivity contribution in [2.45, 2.75) is 52.0 Å². The van der Waals surface area contributed by atoms with Crippen molar-refractivity contribution in [2.75, 3.05) is 5.32 Å². The minimum Gasteiger partial charge on any atom is -0.322 e. The molecule has 0 aromatic carbocycles.